The molecule has 0 saturated heterocycles. The summed E-state index contributed by atoms with van der Waals surface area (Å²) in [6.07, 6.45) is 1.57. The van der Waals surface area contributed by atoms with E-state index in [1.165, 1.54) is 11.4 Å². The minimum absolute atomic E-state index is 0.00478. The molecule has 0 saturated carbocycles. The van der Waals surface area contributed by atoms with E-state index in [0.717, 1.165) is 5.56 Å². The molecule has 1 aromatic heterocycles. The summed E-state index contributed by atoms with van der Waals surface area (Å²) in [5, 5.41) is 0. The summed E-state index contributed by atoms with van der Waals surface area (Å²) in [7, 11) is -2.07. The summed E-state index contributed by atoms with van der Waals surface area (Å²) in [6, 6.07) is 12.2. The van der Waals surface area contributed by atoms with Gasteiger partial charge in [-0.25, -0.2) is 13.4 Å². The van der Waals surface area contributed by atoms with Crippen molar-refractivity contribution in [1.82, 2.24) is 4.98 Å². The van der Waals surface area contributed by atoms with Crippen LogP contribution in [0, 0.1) is 0 Å². The molecule has 0 N–H and O–H groups in total. The molecule has 0 fully saturated rings. The zero-order valence-electron chi connectivity index (χ0n) is 12.7. The summed E-state index contributed by atoms with van der Waals surface area (Å²) < 4.78 is 26.4. The highest BCUT2D eigenvalue weighted by Crippen LogP contribution is 2.25. The van der Waals surface area contributed by atoms with Crippen molar-refractivity contribution in [2.24, 2.45) is 0 Å². The molecule has 21 heavy (non-hydrogen) atoms. The summed E-state index contributed by atoms with van der Waals surface area (Å²) in [5.41, 5.74) is 1.09. The highest BCUT2D eigenvalue weighted by atomic mass is 32.2. The topological polar surface area (TPSA) is 50.3 Å². The van der Waals surface area contributed by atoms with Crippen molar-refractivity contribution >= 4 is 15.8 Å². The molecule has 4 nitrogen and oxygen atoms in total. The second-order valence-electron chi connectivity index (χ2n) is 5.93. The molecule has 0 unspecified atom stereocenters. The van der Waals surface area contributed by atoms with E-state index in [4.69, 9.17) is 0 Å². The van der Waals surface area contributed by atoms with Crippen LogP contribution in [-0.2, 0) is 15.4 Å². The lowest BCUT2D eigenvalue weighted by atomic mass is 9.87. The SMILES string of the molecule is CN(c1ccccn1)S(=O)(=O)c1ccc(C(C)(C)C)cc1. The van der Waals surface area contributed by atoms with Crippen LogP contribution >= 0.6 is 0 Å². The Bertz CT molecular complexity index is 702. The van der Waals surface area contributed by atoms with Crippen LogP contribution in [0.4, 0.5) is 5.82 Å². The lowest BCUT2D eigenvalue weighted by Crippen LogP contribution is -2.27. The van der Waals surface area contributed by atoms with Crippen LogP contribution in [0.1, 0.15) is 26.3 Å². The van der Waals surface area contributed by atoms with Gasteiger partial charge in [0.05, 0.1) is 4.90 Å². The van der Waals surface area contributed by atoms with Crippen LogP contribution in [0.25, 0.3) is 0 Å². The number of anilines is 1. The molecule has 0 aliphatic rings. The largest absolute Gasteiger partial charge is 0.265 e. The molecule has 2 aromatic rings. The number of hydrogen-bond donors (Lipinski definition) is 0. The first-order valence-corrected chi connectivity index (χ1v) is 8.17. The van der Waals surface area contributed by atoms with Crippen LogP contribution in [-0.4, -0.2) is 20.4 Å². The van der Waals surface area contributed by atoms with E-state index in [-0.39, 0.29) is 10.3 Å². The second kappa shape index (κ2) is 5.48. The van der Waals surface area contributed by atoms with Gasteiger partial charge in [-0.1, -0.05) is 39.0 Å². The molecule has 5 heteroatoms. The van der Waals surface area contributed by atoms with Gasteiger partial charge in [0.1, 0.15) is 5.82 Å². The fourth-order valence-corrected chi connectivity index (χ4v) is 3.10. The molecule has 0 atom stereocenters. The summed E-state index contributed by atoms with van der Waals surface area (Å²) >= 11 is 0. The van der Waals surface area contributed by atoms with Gasteiger partial charge >= 0.3 is 0 Å². The molecule has 0 spiro atoms. The smallest absolute Gasteiger partial charge is 0.253 e. The molecule has 0 bridgehead atoms. The van der Waals surface area contributed by atoms with Gasteiger partial charge in [-0.15, -0.1) is 0 Å². The van der Waals surface area contributed by atoms with Crippen LogP contribution in [0.5, 0.6) is 0 Å². The van der Waals surface area contributed by atoms with Gasteiger partial charge in [-0.2, -0.15) is 0 Å². The van der Waals surface area contributed by atoms with E-state index < -0.39 is 10.0 Å². The van der Waals surface area contributed by atoms with Crippen LogP contribution in [0.2, 0.25) is 0 Å². The zero-order valence-corrected chi connectivity index (χ0v) is 13.6. The molecule has 1 aromatic carbocycles. The van der Waals surface area contributed by atoms with Crippen molar-refractivity contribution in [1.29, 1.82) is 0 Å². The summed E-state index contributed by atoms with van der Waals surface area (Å²) in [6.45, 7) is 6.28. The van der Waals surface area contributed by atoms with Gasteiger partial charge in [-0.3, -0.25) is 4.31 Å². The maximum Gasteiger partial charge on any atom is 0.265 e. The average Bonchev–Trinajstić information content (AvgIpc) is 2.46. The first kappa shape index (κ1) is 15.5. The Kier molecular flexibility index (Phi) is 4.05. The Morgan fingerprint density at radius 2 is 1.62 bits per heavy atom. The molecule has 2 rings (SSSR count). The quantitative estimate of drug-likeness (QED) is 0.875. The van der Waals surface area contributed by atoms with Crippen molar-refractivity contribution in [3.63, 3.8) is 0 Å². The van der Waals surface area contributed by atoms with Crippen molar-refractivity contribution in [3.05, 3.63) is 54.2 Å². The first-order valence-electron chi connectivity index (χ1n) is 6.73. The molecule has 0 aliphatic carbocycles. The first-order chi connectivity index (χ1) is 9.73. The minimum atomic E-state index is -3.58. The van der Waals surface area contributed by atoms with Crippen LogP contribution in [0.15, 0.2) is 53.6 Å². The van der Waals surface area contributed by atoms with Crippen LogP contribution in [0.3, 0.4) is 0 Å². The van der Waals surface area contributed by atoms with E-state index in [2.05, 4.69) is 25.8 Å². The van der Waals surface area contributed by atoms with Gasteiger partial charge < -0.3 is 0 Å². The van der Waals surface area contributed by atoms with E-state index in [1.807, 2.05) is 12.1 Å². The van der Waals surface area contributed by atoms with Gasteiger partial charge in [0.2, 0.25) is 0 Å². The molecule has 0 aliphatic heterocycles. The molecular formula is C16H20N2O2S. The predicted octanol–water partition coefficient (Wildman–Crippen LogP) is 3.20. The van der Waals surface area contributed by atoms with E-state index in [0.29, 0.717) is 5.82 Å². The number of rotatable bonds is 3. The monoisotopic (exact) mass is 304 g/mol. The molecule has 112 valence electrons. The Balaban J connectivity index is 2.36. The standard InChI is InChI=1S/C16H20N2O2S/c1-16(2,3)13-8-10-14(11-9-13)21(19,20)18(4)15-7-5-6-12-17-15/h5-12H,1-4H3. The third-order valence-corrected chi connectivity index (χ3v) is 5.13. The van der Waals surface area contributed by atoms with E-state index >= 15 is 0 Å². The number of sulfonamides is 1. The number of nitrogens with zero attached hydrogens (tertiary/aromatic N) is 2. The highest BCUT2D eigenvalue weighted by molar-refractivity contribution is 7.92. The fourth-order valence-electron chi connectivity index (χ4n) is 1.95. The Morgan fingerprint density at radius 3 is 2.10 bits per heavy atom. The predicted molar refractivity (Wildman–Crippen MR) is 85.0 cm³/mol. The van der Waals surface area contributed by atoms with Crippen molar-refractivity contribution < 1.29 is 8.42 Å². The Morgan fingerprint density at radius 1 is 1.00 bits per heavy atom. The normalized spacial score (nSPS) is 12.2. The zero-order chi connectivity index (χ0) is 15.7. The second-order valence-corrected chi connectivity index (χ2v) is 7.90. The molecule has 0 radical (unpaired) electrons. The maximum atomic E-state index is 12.6. The summed E-state index contributed by atoms with van der Waals surface area (Å²) in [4.78, 5) is 4.34. The molecular weight excluding hydrogens is 284 g/mol. The van der Waals surface area contributed by atoms with E-state index in [9.17, 15) is 8.42 Å². The van der Waals surface area contributed by atoms with Gasteiger partial charge in [0.15, 0.2) is 0 Å². The van der Waals surface area contributed by atoms with Gasteiger partial charge in [0.25, 0.3) is 10.0 Å². The maximum absolute atomic E-state index is 12.6. The fraction of sp³-hybridized carbons (Fsp3) is 0.312. The molecule has 0 amide bonds. The van der Waals surface area contributed by atoms with Crippen molar-refractivity contribution in [2.75, 3.05) is 11.4 Å². The minimum Gasteiger partial charge on any atom is -0.253 e. The van der Waals surface area contributed by atoms with Crippen molar-refractivity contribution in [3.8, 4) is 0 Å². The van der Waals surface area contributed by atoms with Crippen LogP contribution < -0.4 is 4.31 Å². The third kappa shape index (κ3) is 3.24. The van der Waals surface area contributed by atoms with Crippen molar-refractivity contribution in [2.45, 2.75) is 31.1 Å². The number of aromatic nitrogens is 1. The number of pyridine rings is 1. The molecule has 1 heterocycles. The Hall–Kier alpha value is -1.88. The van der Waals surface area contributed by atoms with Gasteiger partial charge in [0, 0.05) is 13.2 Å². The average molecular weight is 304 g/mol. The van der Waals surface area contributed by atoms with Gasteiger partial charge in [-0.05, 0) is 35.2 Å². The third-order valence-electron chi connectivity index (χ3n) is 3.35. The Labute approximate surface area is 126 Å². The lowest BCUT2D eigenvalue weighted by Gasteiger charge is -2.21. The van der Waals surface area contributed by atoms with E-state index in [1.54, 1.807) is 36.5 Å². The lowest BCUT2D eigenvalue weighted by molar-refractivity contribution is 0.585. The highest BCUT2D eigenvalue weighted by Gasteiger charge is 2.23. The number of hydrogen-bond acceptors (Lipinski definition) is 3. The summed E-state index contributed by atoms with van der Waals surface area (Å²) in [5.74, 6) is 0.400. The number of benzene rings is 1.